The number of carbonyl (C=O) groups is 3. The average Bonchev–Trinajstić information content (AvgIpc) is 3.35. The van der Waals surface area contributed by atoms with Gasteiger partial charge in [0.2, 0.25) is 11.7 Å². The van der Waals surface area contributed by atoms with Crippen LogP contribution < -0.4 is 5.32 Å². The van der Waals surface area contributed by atoms with Crippen LogP contribution in [0.4, 0.5) is 0 Å². The molecule has 18 atom stereocenters. The number of aliphatic hydroxyl groups is 9. The summed E-state index contributed by atoms with van der Waals surface area (Å²) < 4.78 is 35.0. The number of amides is 1. The van der Waals surface area contributed by atoms with Gasteiger partial charge in [-0.2, -0.15) is 0 Å². The van der Waals surface area contributed by atoms with E-state index < -0.39 is 140 Å². The molecule has 2 saturated carbocycles. The van der Waals surface area contributed by atoms with Gasteiger partial charge >= 0.3 is 11.9 Å². The molecule has 19 heteroatoms. The SMILES string of the molecule is CC(=O)N[C@@H]1[C@@H](O[C@@H]2[C@@H](O)[C@H](O)[C@@H](O)C[C@H]2OC(=O)[C@H]2C[C@H](O)[C@@]3(O)[C@@H](C2)O[C@@]2(C[C@H](OC(=O)c4ccccc4)[C@H](C)CO2)[C@@H]3O)O[C@H](CO)[C@@H](O)[C@@H]1O. The quantitative estimate of drug-likeness (QED) is 0.113. The smallest absolute Gasteiger partial charge is 0.338 e. The predicted octanol–water partition coefficient (Wildman–Crippen LogP) is -4.05. The lowest BCUT2D eigenvalue weighted by molar-refractivity contribution is -0.311. The van der Waals surface area contributed by atoms with Gasteiger partial charge in [-0.1, -0.05) is 25.1 Å². The van der Waals surface area contributed by atoms with Crippen LogP contribution in [0.25, 0.3) is 0 Å². The minimum Gasteiger partial charge on any atom is -0.459 e. The first kappa shape index (κ1) is 40.8. The standard InChI is InChI=1S/C35H49NO18/c1-14-13-49-34(11-20(14)51-30(45)16-6-4-3-5-7-16)33(47)35(48)22(40)8-17(9-23(35)54-34)31(46)50-19-10-18(39)25(41)28(44)29(19)53-32-24(36-15(2)38)27(43)26(42)21(12-37)52-32/h3-7,14,17-29,32-33,37,39-44,47-48H,8-13H2,1-2H3,(H,36,38)/t14-,17+,18+,19-,20+,21-,22+,23-,24+,25-,26-,27-,28+,29+,32-,33+,34+,35-/m1/s1. The highest BCUT2D eigenvalue weighted by Gasteiger charge is 2.70. The largest absolute Gasteiger partial charge is 0.459 e. The van der Waals surface area contributed by atoms with Crippen molar-refractivity contribution < 1.29 is 88.8 Å². The Balaban J connectivity index is 1.17. The molecular formula is C35H49NO18. The third kappa shape index (κ3) is 7.50. The molecule has 54 heavy (non-hydrogen) atoms. The van der Waals surface area contributed by atoms with Crippen molar-refractivity contribution >= 4 is 17.8 Å². The second-order valence-electron chi connectivity index (χ2n) is 15.0. The van der Waals surface area contributed by atoms with Gasteiger partial charge in [-0.05, 0) is 25.0 Å². The molecule has 3 saturated heterocycles. The van der Waals surface area contributed by atoms with Crippen molar-refractivity contribution in [2.45, 2.75) is 136 Å². The first-order chi connectivity index (χ1) is 25.5. The van der Waals surface area contributed by atoms with Crippen LogP contribution in [0.2, 0.25) is 0 Å². The molecule has 302 valence electrons. The highest BCUT2D eigenvalue weighted by Crippen LogP contribution is 2.52. The van der Waals surface area contributed by atoms with Gasteiger partial charge in [-0.15, -0.1) is 0 Å². The molecule has 0 unspecified atom stereocenters. The maximum Gasteiger partial charge on any atom is 0.338 e. The van der Waals surface area contributed by atoms with Crippen LogP contribution >= 0.6 is 0 Å². The monoisotopic (exact) mass is 771 g/mol. The molecule has 1 amide bonds. The second kappa shape index (κ2) is 15.9. The molecule has 1 aromatic carbocycles. The summed E-state index contributed by atoms with van der Waals surface area (Å²) in [7, 11) is 0. The number of hydrogen-bond acceptors (Lipinski definition) is 18. The summed E-state index contributed by atoms with van der Waals surface area (Å²) in [6, 6.07) is 6.79. The van der Waals surface area contributed by atoms with Gasteiger partial charge in [0.1, 0.15) is 66.6 Å². The highest BCUT2D eigenvalue weighted by molar-refractivity contribution is 5.89. The fourth-order valence-electron chi connectivity index (χ4n) is 8.12. The molecule has 5 aliphatic rings. The van der Waals surface area contributed by atoms with E-state index in [9.17, 15) is 60.3 Å². The van der Waals surface area contributed by atoms with Crippen molar-refractivity contribution in [3.8, 4) is 0 Å². The van der Waals surface area contributed by atoms with E-state index in [4.69, 9.17) is 28.4 Å². The molecule has 1 spiro atoms. The number of fused-ring (bicyclic) bond motifs is 1. The van der Waals surface area contributed by atoms with Gasteiger partial charge < -0.3 is 79.7 Å². The summed E-state index contributed by atoms with van der Waals surface area (Å²) in [5.74, 6) is -5.74. The molecule has 0 radical (unpaired) electrons. The van der Waals surface area contributed by atoms with E-state index in [1.807, 2.05) is 0 Å². The summed E-state index contributed by atoms with van der Waals surface area (Å²) >= 11 is 0. The van der Waals surface area contributed by atoms with Crippen LogP contribution in [0.5, 0.6) is 0 Å². The fraction of sp³-hybridized carbons (Fsp3) is 0.743. The summed E-state index contributed by atoms with van der Waals surface area (Å²) in [6.45, 7) is 2.06. The molecule has 19 nitrogen and oxygen atoms in total. The van der Waals surface area contributed by atoms with Crippen molar-refractivity contribution in [2.24, 2.45) is 11.8 Å². The van der Waals surface area contributed by atoms with E-state index in [1.165, 1.54) is 0 Å². The van der Waals surface area contributed by atoms with Crippen molar-refractivity contribution in [1.29, 1.82) is 0 Å². The minimum atomic E-state index is -2.32. The number of nitrogens with one attached hydrogen (secondary N) is 1. The molecule has 3 aliphatic heterocycles. The summed E-state index contributed by atoms with van der Waals surface area (Å²) in [6.07, 6.45) is -22.2. The van der Waals surface area contributed by atoms with Crippen LogP contribution in [0.15, 0.2) is 30.3 Å². The van der Waals surface area contributed by atoms with E-state index >= 15 is 0 Å². The number of esters is 2. The lowest BCUT2D eigenvalue weighted by Crippen LogP contribution is -2.67. The van der Waals surface area contributed by atoms with E-state index in [0.717, 1.165) is 6.92 Å². The number of carbonyl (C=O) groups excluding carboxylic acids is 3. The zero-order valence-electron chi connectivity index (χ0n) is 29.6. The fourth-order valence-corrected chi connectivity index (χ4v) is 8.12. The Hall–Kier alpha value is -2.89. The van der Waals surface area contributed by atoms with Crippen LogP contribution in [-0.4, -0.2) is 174 Å². The number of benzene rings is 1. The molecule has 5 fully saturated rings. The van der Waals surface area contributed by atoms with E-state index in [-0.39, 0.29) is 25.4 Å². The average molecular weight is 772 g/mol. The molecule has 6 rings (SSSR count). The number of rotatable bonds is 8. The molecule has 1 aromatic rings. The Morgan fingerprint density at radius 1 is 0.907 bits per heavy atom. The topological polar surface area (TPSA) is 301 Å². The molecule has 0 bridgehead atoms. The molecular weight excluding hydrogens is 722 g/mol. The van der Waals surface area contributed by atoms with Gasteiger partial charge in [0, 0.05) is 25.7 Å². The third-order valence-electron chi connectivity index (χ3n) is 11.3. The second-order valence-corrected chi connectivity index (χ2v) is 15.0. The van der Waals surface area contributed by atoms with Crippen LogP contribution in [0.3, 0.4) is 0 Å². The predicted molar refractivity (Wildman–Crippen MR) is 175 cm³/mol. The van der Waals surface area contributed by atoms with Gasteiger partial charge in [0.05, 0.1) is 43.0 Å². The molecule has 10 N–H and O–H groups in total. The Bertz CT molecular complexity index is 1500. The minimum absolute atomic E-state index is 0.0454. The Kier molecular flexibility index (Phi) is 12.0. The van der Waals surface area contributed by atoms with E-state index in [0.29, 0.717) is 5.56 Å². The van der Waals surface area contributed by atoms with Crippen LogP contribution in [0.1, 0.15) is 49.9 Å². The van der Waals surface area contributed by atoms with Crippen molar-refractivity contribution in [3.63, 3.8) is 0 Å². The number of aliphatic hydroxyl groups excluding tert-OH is 8. The molecule has 3 heterocycles. The third-order valence-corrected chi connectivity index (χ3v) is 11.3. The zero-order chi connectivity index (χ0) is 39.3. The van der Waals surface area contributed by atoms with Crippen LogP contribution in [-0.2, 0) is 38.0 Å². The van der Waals surface area contributed by atoms with E-state index in [2.05, 4.69) is 5.32 Å². The Morgan fingerprint density at radius 2 is 1.61 bits per heavy atom. The molecule has 0 aromatic heterocycles. The van der Waals surface area contributed by atoms with Crippen molar-refractivity contribution in [3.05, 3.63) is 35.9 Å². The Labute approximate surface area is 309 Å². The van der Waals surface area contributed by atoms with Crippen molar-refractivity contribution in [2.75, 3.05) is 13.2 Å². The Morgan fingerprint density at radius 3 is 2.28 bits per heavy atom. The normalized spacial score (nSPS) is 46.4. The summed E-state index contributed by atoms with van der Waals surface area (Å²) in [4.78, 5) is 38.5. The molecule has 2 aliphatic carbocycles. The van der Waals surface area contributed by atoms with Gasteiger partial charge in [-0.25, -0.2) is 4.79 Å². The first-order valence-corrected chi connectivity index (χ1v) is 18.0. The van der Waals surface area contributed by atoms with Gasteiger partial charge in [0.15, 0.2) is 6.29 Å². The lowest BCUT2D eigenvalue weighted by Gasteiger charge is -2.47. The maximum atomic E-state index is 13.7. The lowest BCUT2D eigenvalue weighted by atomic mass is 9.71. The summed E-state index contributed by atoms with van der Waals surface area (Å²) in [5, 5.41) is 99.6. The van der Waals surface area contributed by atoms with Crippen molar-refractivity contribution in [1.82, 2.24) is 5.32 Å². The number of hydrogen-bond donors (Lipinski definition) is 10. The summed E-state index contributed by atoms with van der Waals surface area (Å²) in [5.41, 5.74) is -2.02. The van der Waals surface area contributed by atoms with E-state index in [1.54, 1.807) is 37.3 Å². The highest BCUT2D eigenvalue weighted by atomic mass is 16.7. The number of ether oxygens (including phenoxy) is 6. The van der Waals surface area contributed by atoms with Gasteiger partial charge in [-0.3, -0.25) is 9.59 Å². The van der Waals surface area contributed by atoms with Crippen LogP contribution in [0, 0.1) is 11.8 Å². The maximum absolute atomic E-state index is 13.7. The van der Waals surface area contributed by atoms with Gasteiger partial charge in [0.25, 0.3) is 0 Å². The zero-order valence-corrected chi connectivity index (χ0v) is 29.6. The first-order valence-electron chi connectivity index (χ1n) is 18.0.